The molecule has 0 saturated carbocycles. The van der Waals surface area contributed by atoms with Gasteiger partial charge in [0.25, 0.3) is 0 Å². The average Bonchev–Trinajstić information content (AvgIpc) is 2.25. The summed E-state index contributed by atoms with van der Waals surface area (Å²) < 4.78 is 0. The number of nitrogens with zero attached hydrogens (tertiary/aromatic N) is 1. The quantitative estimate of drug-likeness (QED) is 0.772. The molecule has 1 aliphatic rings. The summed E-state index contributed by atoms with van der Waals surface area (Å²) in [5, 5.41) is 3.53. The highest BCUT2D eigenvalue weighted by atomic mass is 32.2. The van der Waals surface area contributed by atoms with E-state index in [1.54, 1.807) is 0 Å². The van der Waals surface area contributed by atoms with Gasteiger partial charge in [-0.15, -0.1) is 0 Å². The van der Waals surface area contributed by atoms with Crippen LogP contribution in [-0.4, -0.2) is 49.1 Å². The lowest BCUT2D eigenvalue weighted by Gasteiger charge is -2.33. The summed E-state index contributed by atoms with van der Waals surface area (Å²) in [7, 11) is 2.29. The standard InChI is InChI=1S/C13H28N2S/c1-11-9-13(5-7-14-11)10-15(3)12(2)6-8-16-4/h11-14H,5-10H2,1-4H3. The van der Waals surface area contributed by atoms with Crippen LogP contribution in [0.15, 0.2) is 0 Å². The molecule has 0 aromatic heterocycles. The molecule has 0 aromatic carbocycles. The second kappa shape index (κ2) is 7.57. The topological polar surface area (TPSA) is 15.3 Å². The summed E-state index contributed by atoms with van der Waals surface area (Å²) in [5.41, 5.74) is 0. The van der Waals surface area contributed by atoms with Gasteiger partial charge in [0.15, 0.2) is 0 Å². The minimum atomic E-state index is 0.716. The maximum atomic E-state index is 3.53. The predicted octanol–water partition coefficient (Wildman–Crippen LogP) is 2.45. The molecule has 1 heterocycles. The lowest BCUT2D eigenvalue weighted by atomic mass is 9.92. The van der Waals surface area contributed by atoms with E-state index in [2.05, 4.69) is 37.4 Å². The largest absolute Gasteiger partial charge is 0.314 e. The van der Waals surface area contributed by atoms with Crippen molar-refractivity contribution in [3.05, 3.63) is 0 Å². The maximum absolute atomic E-state index is 3.53. The molecule has 3 atom stereocenters. The number of piperidine rings is 1. The van der Waals surface area contributed by atoms with E-state index in [0.717, 1.165) is 12.0 Å². The van der Waals surface area contributed by atoms with Gasteiger partial charge >= 0.3 is 0 Å². The number of rotatable bonds is 6. The molecule has 1 rings (SSSR count). The fourth-order valence-corrected chi connectivity index (χ4v) is 3.07. The molecule has 2 nitrogen and oxygen atoms in total. The molecule has 0 radical (unpaired) electrons. The van der Waals surface area contributed by atoms with Crippen LogP contribution in [0.5, 0.6) is 0 Å². The first kappa shape index (κ1) is 14.3. The molecule has 0 aromatic rings. The zero-order chi connectivity index (χ0) is 12.0. The van der Waals surface area contributed by atoms with E-state index in [1.165, 1.54) is 38.1 Å². The van der Waals surface area contributed by atoms with Gasteiger partial charge in [0.2, 0.25) is 0 Å². The predicted molar refractivity (Wildman–Crippen MR) is 75.3 cm³/mol. The molecule has 1 aliphatic heterocycles. The van der Waals surface area contributed by atoms with E-state index >= 15 is 0 Å². The summed E-state index contributed by atoms with van der Waals surface area (Å²) in [6, 6.07) is 1.45. The van der Waals surface area contributed by atoms with Gasteiger partial charge in [0, 0.05) is 18.6 Å². The van der Waals surface area contributed by atoms with Crippen LogP contribution in [0.25, 0.3) is 0 Å². The minimum Gasteiger partial charge on any atom is -0.314 e. The summed E-state index contributed by atoms with van der Waals surface area (Å²) in [6.45, 7) is 7.16. The van der Waals surface area contributed by atoms with Crippen molar-refractivity contribution in [2.24, 2.45) is 5.92 Å². The molecular formula is C13H28N2S. The fraction of sp³-hybridized carbons (Fsp3) is 1.00. The van der Waals surface area contributed by atoms with Crippen molar-refractivity contribution in [2.45, 2.75) is 45.2 Å². The Morgan fingerprint density at radius 3 is 2.88 bits per heavy atom. The van der Waals surface area contributed by atoms with Crippen LogP contribution >= 0.6 is 11.8 Å². The van der Waals surface area contributed by atoms with Crippen LogP contribution < -0.4 is 5.32 Å². The number of hydrogen-bond donors (Lipinski definition) is 1. The van der Waals surface area contributed by atoms with Gasteiger partial charge in [-0.3, -0.25) is 0 Å². The SMILES string of the molecule is CSCCC(C)N(C)CC1CCNC(C)C1. The molecule has 0 amide bonds. The van der Waals surface area contributed by atoms with Crippen LogP contribution in [-0.2, 0) is 0 Å². The third kappa shape index (κ3) is 5.07. The Bertz CT molecular complexity index is 187. The first-order valence-corrected chi connectivity index (χ1v) is 7.95. The molecule has 1 N–H and O–H groups in total. The highest BCUT2D eigenvalue weighted by Crippen LogP contribution is 2.18. The van der Waals surface area contributed by atoms with Crippen LogP contribution in [0.1, 0.15) is 33.1 Å². The van der Waals surface area contributed by atoms with Crippen LogP contribution in [0, 0.1) is 5.92 Å². The monoisotopic (exact) mass is 244 g/mol. The average molecular weight is 244 g/mol. The molecule has 3 heteroatoms. The second-order valence-electron chi connectivity index (χ2n) is 5.32. The van der Waals surface area contributed by atoms with Gasteiger partial charge in [-0.25, -0.2) is 0 Å². The number of thioether (sulfide) groups is 1. The van der Waals surface area contributed by atoms with E-state index in [4.69, 9.17) is 0 Å². The van der Waals surface area contributed by atoms with Crippen molar-refractivity contribution >= 4 is 11.8 Å². The highest BCUT2D eigenvalue weighted by molar-refractivity contribution is 7.98. The number of nitrogens with one attached hydrogen (secondary N) is 1. The molecule has 1 fully saturated rings. The van der Waals surface area contributed by atoms with Crippen molar-refractivity contribution < 1.29 is 0 Å². The van der Waals surface area contributed by atoms with Crippen molar-refractivity contribution in [3.63, 3.8) is 0 Å². The molecule has 0 bridgehead atoms. The maximum Gasteiger partial charge on any atom is 0.00718 e. The Morgan fingerprint density at radius 2 is 2.25 bits per heavy atom. The molecular weight excluding hydrogens is 216 g/mol. The molecule has 3 unspecified atom stereocenters. The fourth-order valence-electron chi connectivity index (χ4n) is 2.50. The van der Waals surface area contributed by atoms with Crippen LogP contribution in [0.4, 0.5) is 0 Å². The van der Waals surface area contributed by atoms with Crippen molar-refractivity contribution in [1.29, 1.82) is 0 Å². The Hall–Kier alpha value is 0.270. The van der Waals surface area contributed by atoms with Gasteiger partial charge in [0.1, 0.15) is 0 Å². The molecule has 0 spiro atoms. The van der Waals surface area contributed by atoms with Crippen molar-refractivity contribution in [2.75, 3.05) is 32.1 Å². The van der Waals surface area contributed by atoms with Crippen LogP contribution in [0.3, 0.4) is 0 Å². The third-order valence-electron chi connectivity index (χ3n) is 3.77. The minimum absolute atomic E-state index is 0.716. The van der Waals surface area contributed by atoms with Crippen molar-refractivity contribution in [3.8, 4) is 0 Å². The summed E-state index contributed by atoms with van der Waals surface area (Å²) in [6.07, 6.45) is 6.21. The van der Waals surface area contributed by atoms with Gasteiger partial charge in [0.05, 0.1) is 0 Å². The van der Waals surface area contributed by atoms with E-state index < -0.39 is 0 Å². The lowest BCUT2D eigenvalue weighted by molar-refractivity contribution is 0.180. The van der Waals surface area contributed by atoms with E-state index in [-0.39, 0.29) is 0 Å². The van der Waals surface area contributed by atoms with Gasteiger partial charge in [-0.2, -0.15) is 11.8 Å². The first-order valence-electron chi connectivity index (χ1n) is 6.56. The molecule has 1 saturated heterocycles. The van der Waals surface area contributed by atoms with E-state index in [9.17, 15) is 0 Å². The Balaban J connectivity index is 2.23. The third-order valence-corrected chi connectivity index (χ3v) is 4.41. The van der Waals surface area contributed by atoms with Crippen molar-refractivity contribution in [1.82, 2.24) is 10.2 Å². The molecule has 0 aliphatic carbocycles. The van der Waals surface area contributed by atoms with E-state index in [0.29, 0.717) is 6.04 Å². The first-order chi connectivity index (χ1) is 7.63. The summed E-state index contributed by atoms with van der Waals surface area (Å²) in [4.78, 5) is 2.55. The second-order valence-corrected chi connectivity index (χ2v) is 6.30. The zero-order valence-corrected chi connectivity index (χ0v) is 12.1. The summed E-state index contributed by atoms with van der Waals surface area (Å²) in [5.74, 6) is 2.19. The van der Waals surface area contributed by atoms with Gasteiger partial charge < -0.3 is 10.2 Å². The normalized spacial score (nSPS) is 28.3. The van der Waals surface area contributed by atoms with Crippen LogP contribution in [0.2, 0.25) is 0 Å². The summed E-state index contributed by atoms with van der Waals surface area (Å²) >= 11 is 1.96. The Kier molecular flexibility index (Phi) is 6.78. The Morgan fingerprint density at radius 1 is 1.50 bits per heavy atom. The molecule has 16 heavy (non-hydrogen) atoms. The van der Waals surface area contributed by atoms with E-state index in [1.807, 2.05) is 11.8 Å². The lowest BCUT2D eigenvalue weighted by Crippen LogP contribution is -2.41. The Labute approximate surface area is 106 Å². The zero-order valence-electron chi connectivity index (χ0n) is 11.3. The molecule has 96 valence electrons. The highest BCUT2D eigenvalue weighted by Gasteiger charge is 2.21. The van der Waals surface area contributed by atoms with Gasteiger partial charge in [-0.1, -0.05) is 0 Å². The van der Waals surface area contributed by atoms with Gasteiger partial charge in [-0.05, 0) is 64.6 Å². The smallest absolute Gasteiger partial charge is 0.00718 e. The number of hydrogen-bond acceptors (Lipinski definition) is 3.